The van der Waals surface area contributed by atoms with Gasteiger partial charge < -0.3 is 4.74 Å². The van der Waals surface area contributed by atoms with E-state index < -0.39 is 0 Å². The van der Waals surface area contributed by atoms with Crippen LogP contribution >= 0.6 is 0 Å². The minimum Gasteiger partial charge on any atom is -0.465 e. The molecule has 0 amide bonds. The normalized spacial score (nSPS) is 22.4. The molecule has 5 rings (SSSR count). The van der Waals surface area contributed by atoms with Gasteiger partial charge in [0.05, 0.1) is 0 Å². The Morgan fingerprint density at radius 2 is 1.12 bits per heavy atom. The number of rotatable bonds is 2. The number of hydrogen-bond donors (Lipinski definition) is 0. The molecule has 3 aliphatic rings. The molecule has 3 heteroatoms. The average molecular weight is 427 g/mol. The molecule has 1 heterocycles. The highest BCUT2D eigenvalue weighted by molar-refractivity contribution is 6.06. The van der Waals surface area contributed by atoms with Crippen LogP contribution in [0.3, 0.4) is 0 Å². The van der Waals surface area contributed by atoms with Gasteiger partial charge in [-0.3, -0.25) is 9.59 Å². The third-order valence-electron chi connectivity index (χ3n) is 6.93. The summed E-state index contributed by atoms with van der Waals surface area (Å²) in [5.41, 5.74) is 4.39. The third-order valence-corrected chi connectivity index (χ3v) is 6.93. The molecular formula is C29H30O3. The minimum absolute atomic E-state index is 0.109. The second kappa shape index (κ2) is 7.30. The topological polar surface area (TPSA) is 43.4 Å². The van der Waals surface area contributed by atoms with E-state index in [1.165, 1.54) is 0 Å². The first-order valence-corrected chi connectivity index (χ1v) is 11.5. The van der Waals surface area contributed by atoms with Gasteiger partial charge in [0, 0.05) is 42.7 Å². The largest absolute Gasteiger partial charge is 0.465 e. The van der Waals surface area contributed by atoms with Crippen LogP contribution in [0.25, 0.3) is 11.1 Å². The van der Waals surface area contributed by atoms with Crippen molar-refractivity contribution in [3.63, 3.8) is 0 Å². The Labute approximate surface area is 190 Å². The summed E-state index contributed by atoms with van der Waals surface area (Å²) in [6.45, 7) is 8.45. The minimum atomic E-state index is -0.328. The molecule has 0 aromatic heterocycles. The fourth-order valence-electron chi connectivity index (χ4n) is 5.51. The molecule has 0 radical (unpaired) electrons. The smallest absolute Gasteiger partial charge is 0.163 e. The lowest BCUT2D eigenvalue weighted by Gasteiger charge is -2.42. The zero-order chi connectivity index (χ0) is 22.7. The van der Waals surface area contributed by atoms with Crippen LogP contribution in [0, 0.1) is 10.8 Å². The van der Waals surface area contributed by atoms with E-state index >= 15 is 0 Å². The quantitative estimate of drug-likeness (QED) is 0.533. The van der Waals surface area contributed by atoms with Gasteiger partial charge in [-0.1, -0.05) is 82.3 Å². The molecule has 0 unspecified atom stereocenters. The van der Waals surface area contributed by atoms with E-state index in [9.17, 15) is 9.59 Å². The Morgan fingerprint density at radius 1 is 0.656 bits per heavy atom. The Hall–Kier alpha value is -2.94. The molecule has 0 atom stereocenters. The molecule has 2 aromatic carbocycles. The fourth-order valence-corrected chi connectivity index (χ4v) is 5.51. The summed E-state index contributed by atoms with van der Waals surface area (Å²) in [6, 6.07) is 18.6. The van der Waals surface area contributed by atoms with Crippen molar-refractivity contribution in [2.75, 3.05) is 0 Å². The molecule has 0 saturated carbocycles. The van der Waals surface area contributed by atoms with Crippen LogP contribution in [0.4, 0.5) is 0 Å². The van der Waals surface area contributed by atoms with Gasteiger partial charge in [0.15, 0.2) is 11.6 Å². The maximum Gasteiger partial charge on any atom is 0.163 e. The number of carbonyl (C=O) groups excluding carboxylic acids is 2. The van der Waals surface area contributed by atoms with Crippen LogP contribution in [-0.2, 0) is 14.3 Å². The zero-order valence-electron chi connectivity index (χ0n) is 19.3. The molecule has 2 aromatic rings. The summed E-state index contributed by atoms with van der Waals surface area (Å²) < 4.78 is 6.37. The first kappa shape index (κ1) is 20.9. The van der Waals surface area contributed by atoms with E-state index in [1.54, 1.807) is 0 Å². The van der Waals surface area contributed by atoms with Gasteiger partial charge in [-0.25, -0.2) is 0 Å². The molecular weight excluding hydrogens is 396 g/mol. The fraction of sp³-hybridized carbons (Fsp3) is 0.379. The number of ether oxygens (including phenoxy) is 1. The maximum absolute atomic E-state index is 13.4. The maximum atomic E-state index is 13.4. The number of Topliss-reactive ketones (excluding diaryl/α,β-unsaturated/α-hetero) is 2. The lowest BCUT2D eigenvalue weighted by molar-refractivity contribution is -0.120. The number of allylic oxidation sites excluding steroid dienone is 4. The molecule has 0 spiro atoms. The van der Waals surface area contributed by atoms with Crippen LogP contribution in [0.2, 0.25) is 0 Å². The molecule has 0 bridgehead atoms. The van der Waals surface area contributed by atoms with Gasteiger partial charge in [0.25, 0.3) is 0 Å². The van der Waals surface area contributed by atoms with Crippen LogP contribution in [-0.4, -0.2) is 11.6 Å². The third kappa shape index (κ3) is 3.64. The SMILES string of the molecule is CC1(C)CC(=O)C2=C(C1)OC1=C(C(=O)CC(C)(C)C1)C2c1ccc(-c2ccccc2)cc1. The van der Waals surface area contributed by atoms with Crippen molar-refractivity contribution in [3.8, 4) is 11.1 Å². The first-order valence-electron chi connectivity index (χ1n) is 11.5. The summed E-state index contributed by atoms with van der Waals surface area (Å²) in [5.74, 6) is 1.43. The van der Waals surface area contributed by atoms with Crippen molar-refractivity contribution in [3.05, 3.63) is 82.8 Å². The van der Waals surface area contributed by atoms with Gasteiger partial charge in [-0.05, 0) is 27.5 Å². The van der Waals surface area contributed by atoms with Crippen molar-refractivity contribution in [2.45, 2.75) is 59.3 Å². The van der Waals surface area contributed by atoms with E-state index in [1.807, 2.05) is 18.2 Å². The van der Waals surface area contributed by atoms with E-state index in [0.717, 1.165) is 41.1 Å². The second-order valence-electron chi connectivity index (χ2n) is 11.1. The number of hydrogen-bond acceptors (Lipinski definition) is 3. The molecule has 164 valence electrons. The van der Waals surface area contributed by atoms with Crippen LogP contribution in [0.5, 0.6) is 0 Å². The van der Waals surface area contributed by atoms with Gasteiger partial charge in [-0.2, -0.15) is 0 Å². The summed E-state index contributed by atoms with van der Waals surface area (Å²) in [4.78, 5) is 26.7. The predicted molar refractivity (Wildman–Crippen MR) is 126 cm³/mol. The van der Waals surface area contributed by atoms with Crippen LogP contribution in [0.1, 0.15) is 64.9 Å². The van der Waals surface area contributed by atoms with Gasteiger partial charge in [-0.15, -0.1) is 0 Å². The molecule has 2 aliphatic carbocycles. The van der Waals surface area contributed by atoms with Gasteiger partial charge in [0.1, 0.15) is 11.5 Å². The number of benzene rings is 2. The monoisotopic (exact) mass is 426 g/mol. The van der Waals surface area contributed by atoms with Crippen molar-refractivity contribution >= 4 is 11.6 Å². The Balaban J connectivity index is 1.63. The van der Waals surface area contributed by atoms with Crippen molar-refractivity contribution in [1.29, 1.82) is 0 Å². The van der Waals surface area contributed by atoms with Crippen molar-refractivity contribution in [1.82, 2.24) is 0 Å². The molecule has 3 nitrogen and oxygen atoms in total. The molecule has 0 N–H and O–H groups in total. The highest BCUT2D eigenvalue weighted by atomic mass is 16.5. The average Bonchev–Trinajstić information content (AvgIpc) is 2.71. The standard InChI is InChI=1S/C29H30O3/c1-28(2)14-21(30)26-23(16-28)32-24-17-29(3,4)15-22(31)27(24)25(26)20-12-10-19(11-13-20)18-8-6-5-7-9-18/h5-13,25H,14-17H2,1-4H3. The Kier molecular flexibility index (Phi) is 4.77. The summed E-state index contributed by atoms with van der Waals surface area (Å²) in [7, 11) is 0. The Morgan fingerprint density at radius 3 is 1.62 bits per heavy atom. The van der Waals surface area contributed by atoms with Crippen LogP contribution < -0.4 is 0 Å². The second-order valence-corrected chi connectivity index (χ2v) is 11.1. The van der Waals surface area contributed by atoms with Crippen molar-refractivity contribution in [2.24, 2.45) is 10.8 Å². The summed E-state index contributed by atoms with van der Waals surface area (Å²) in [5, 5.41) is 0. The van der Waals surface area contributed by atoms with E-state index in [0.29, 0.717) is 24.0 Å². The van der Waals surface area contributed by atoms with E-state index in [2.05, 4.69) is 64.1 Å². The van der Waals surface area contributed by atoms with E-state index in [-0.39, 0.29) is 28.3 Å². The van der Waals surface area contributed by atoms with Gasteiger partial charge >= 0.3 is 0 Å². The first-order chi connectivity index (χ1) is 15.1. The predicted octanol–water partition coefficient (Wildman–Crippen LogP) is 6.75. The Bertz CT molecular complexity index is 1110. The molecule has 1 aliphatic heterocycles. The molecule has 32 heavy (non-hydrogen) atoms. The lowest BCUT2D eigenvalue weighted by atomic mass is 9.65. The van der Waals surface area contributed by atoms with Crippen LogP contribution in [0.15, 0.2) is 77.3 Å². The summed E-state index contributed by atoms with van der Waals surface area (Å²) in [6.07, 6.45) is 2.41. The molecule has 0 saturated heterocycles. The number of carbonyl (C=O) groups is 2. The highest BCUT2D eigenvalue weighted by Gasteiger charge is 2.47. The van der Waals surface area contributed by atoms with E-state index in [4.69, 9.17) is 4.74 Å². The molecule has 0 fully saturated rings. The van der Waals surface area contributed by atoms with Gasteiger partial charge in [0.2, 0.25) is 0 Å². The van der Waals surface area contributed by atoms with Crippen molar-refractivity contribution < 1.29 is 14.3 Å². The number of ketones is 2. The zero-order valence-corrected chi connectivity index (χ0v) is 19.3. The lowest BCUT2D eigenvalue weighted by Crippen LogP contribution is -2.37. The highest BCUT2D eigenvalue weighted by Crippen LogP contribution is 2.53. The summed E-state index contributed by atoms with van der Waals surface area (Å²) >= 11 is 0.